The summed E-state index contributed by atoms with van der Waals surface area (Å²) in [5.41, 5.74) is 1.39. The number of aryl methyl sites for hydroxylation is 1. The largest absolute Gasteiger partial charge is 0.339 e. The van der Waals surface area contributed by atoms with Crippen LogP contribution in [0.15, 0.2) is 34.9 Å². The van der Waals surface area contributed by atoms with Crippen molar-refractivity contribution in [2.45, 2.75) is 39.3 Å². The Bertz CT molecular complexity index is 598. The summed E-state index contributed by atoms with van der Waals surface area (Å²) in [4.78, 5) is 6.80. The first-order valence-corrected chi connectivity index (χ1v) is 8.48. The van der Waals surface area contributed by atoms with Crippen LogP contribution in [0.4, 0.5) is 0 Å². The third kappa shape index (κ3) is 4.88. The van der Waals surface area contributed by atoms with E-state index < -0.39 is 0 Å². The van der Waals surface area contributed by atoms with E-state index in [-0.39, 0.29) is 0 Å². The van der Waals surface area contributed by atoms with Gasteiger partial charge in [0, 0.05) is 38.6 Å². The van der Waals surface area contributed by atoms with E-state index in [1.807, 2.05) is 6.92 Å². The summed E-state index contributed by atoms with van der Waals surface area (Å²) in [6.45, 7) is 8.39. The zero-order valence-corrected chi connectivity index (χ0v) is 14.0. The molecule has 1 aliphatic heterocycles. The molecule has 0 spiro atoms. The molecular weight excluding hydrogens is 288 g/mol. The Kier molecular flexibility index (Phi) is 5.41. The molecule has 3 rings (SSSR count). The summed E-state index contributed by atoms with van der Waals surface area (Å²) in [6, 6.07) is 11.3. The molecule has 2 unspecified atom stereocenters. The maximum Gasteiger partial charge on any atom is 0.227 e. The van der Waals surface area contributed by atoms with Gasteiger partial charge < -0.3 is 9.84 Å². The van der Waals surface area contributed by atoms with Crippen molar-refractivity contribution in [1.82, 2.24) is 20.4 Å². The lowest BCUT2D eigenvalue weighted by Crippen LogP contribution is -2.48. The molecule has 0 saturated carbocycles. The molecule has 1 aliphatic rings. The molecule has 5 nitrogen and oxygen atoms in total. The minimum Gasteiger partial charge on any atom is -0.339 e. The maximum atomic E-state index is 5.16. The van der Waals surface area contributed by atoms with E-state index in [4.69, 9.17) is 4.52 Å². The van der Waals surface area contributed by atoms with Crippen molar-refractivity contribution < 1.29 is 4.52 Å². The predicted octanol–water partition coefficient (Wildman–Crippen LogP) is 2.42. The average Bonchev–Trinajstić information content (AvgIpc) is 2.93. The van der Waals surface area contributed by atoms with Crippen LogP contribution in [-0.4, -0.2) is 40.7 Å². The van der Waals surface area contributed by atoms with Gasteiger partial charge in [0.2, 0.25) is 5.89 Å². The molecule has 1 aromatic carbocycles. The number of hydrogen-bond donors (Lipinski definition) is 1. The Labute approximate surface area is 138 Å². The van der Waals surface area contributed by atoms with E-state index in [1.54, 1.807) is 0 Å². The summed E-state index contributed by atoms with van der Waals surface area (Å²) in [5.74, 6) is 2.15. The fraction of sp³-hybridized carbons (Fsp3) is 0.556. The predicted molar refractivity (Wildman–Crippen MR) is 90.0 cm³/mol. The second-order valence-electron chi connectivity index (χ2n) is 6.66. The average molecular weight is 314 g/mol. The van der Waals surface area contributed by atoms with Crippen LogP contribution in [0.3, 0.4) is 0 Å². The first kappa shape index (κ1) is 16.1. The fourth-order valence-electron chi connectivity index (χ4n) is 3.41. The second kappa shape index (κ2) is 7.70. The Hall–Kier alpha value is -1.72. The SMILES string of the molecule is Cc1noc(CCNC2CC(C)CN(Cc3ccccc3)C2)n1. The van der Waals surface area contributed by atoms with Crippen LogP contribution in [0.25, 0.3) is 0 Å². The van der Waals surface area contributed by atoms with Crippen LogP contribution in [0.1, 0.15) is 30.6 Å². The van der Waals surface area contributed by atoms with Gasteiger partial charge in [-0.15, -0.1) is 0 Å². The van der Waals surface area contributed by atoms with Gasteiger partial charge in [-0.05, 0) is 24.8 Å². The van der Waals surface area contributed by atoms with Crippen molar-refractivity contribution in [1.29, 1.82) is 0 Å². The first-order chi connectivity index (χ1) is 11.2. The lowest BCUT2D eigenvalue weighted by Gasteiger charge is -2.37. The summed E-state index contributed by atoms with van der Waals surface area (Å²) < 4.78 is 5.16. The fourth-order valence-corrected chi connectivity index (χ4v) is 3.41. The highest BCUT2D eigenvalue weighted by molar-refractivity contribution is 5.14. The van der Waals surface area contributed by atoms with E-state index in [9.17, 15) is 0 Å². The van der Waals surface area contributed by atoms with Crippen LogP contribution in [0.5, 0.6) is 0 Å². The molecule has 1 fully saturated rings. The van der Waals surface area contributed by atoms with Gasteiger partial charge in [0.1, 0.15) is 0 Å². The molecule has 0 amide bonds. The Balaban J connectivity index is 1.47. The van der Waals surface area contributed by atoms with E-state index in [0.717, 1.165) is 37.9 Å². The highest BCUT2D eigenvalue weighted by atomic mass is 16.5. The maximum absolute atomic E-state index is 5.16. The molecule has 23 heavy (non-hydrogen) atoms. The zero-order valence-electron chi connectivity index (χ0n) is 14.0. The van der Waals surface area contributed by atoms with Gasteiger partial charge in [0.05, 0.1) is 0 Å². The summed E-state index contributed by atoms with van der Waals surface area (Å²) in [5, 5.41) is 7.49. The highest BCUT2D eigenvalue weighted by Crippen LogP contribution is 2.18. The van der Waals surface area contributed by atoms with Crippen LogP contribution in [-0.2, 0) is 13.0 Å². The molecule has 1 N–H and O–H groups in total. The number of rotatable bonds is 6. The summed E-state index contributed by atoms with van der Waals surface area (Å²) >= 11 is 0. The molecule has 124 valence electrons. The third-order valence-electron chi connectivity index (χ3n) is 4.33. The van der Waals surface area contributed by atoms with Gasteiger partial charge in [-0.3, -0.25) is 4.90 Å². The van der Waals surface area contributed by atoms with E-state index in [1.165, 1.54) is 18.5 Å². The lowest BCUT2D eigenvalue weighted by molar-refractivity contribution is 0.142. The van der Waals surface area contributed by atoms with Crippen molar-refractivity contribution in [2.75, 3.05) is 19.6 Å². The minimum absolute atomic E-state index is 0.534. The minimum atomic E-state index is 0.534. The Morgan fingerprint density at radius 1 is 1.26 bits per heavy atom. The van der Waals surface area contributed by atoms with Crippen molar-refractivity contribution in [3.05, 3.63) is 47.6 Å². The summed E-state index contributed by atoms with van der Waals surface area (Å²) in [6.07, 6.45) is 2.03. The lowest BCUT2D eigenvalue weighted by atomic mass is 9.95. The van der Waals surface area contributed by atoms with Gasteiger partial charge in [0.15, 0.2) is 5.82 Å². The van der Waals surface area contributed by atoms with Crippen LogP contribution in [0.2, 0.25) is 0 Å². The molecule has 2 heterocycles. The molecule has 0 aliphatic carbocycles. The number of benzene rings is 1. The van der Waals surface area contributed by atoms with Crippen LogP contribution >= 0.6 is 0 Å². The van der Waals surface area contributed by atoms with Gasteiger partial charge in [-0.25, -0.2) is 0 Å². The van der Waals surface area contributed by atoms with Crippen LogP contribution < -0.4 is 5.32 Å². The number of aromatic nitrogens is 2. The van der Waals surface area contributed by atoms with Crippen molar-refractivity contribution in [3.8, 4) is 0 Å². The van der Waals surface area contributed by atoms with Gasteiger partial charge in [0.25, 0.3) is 0 Å². The van der Waals surface area contributed by atoms with Gasteiger partial charge >= 0.3 is 0 Å². The number of nitrogens with zero attached hydrogens (tertiary/aromatic N) is 3. The molecular formula is C18H26N4O. The monoisotopic (exact) mass is 314 g/mol. The zero-order chi connectivity index (χ0) is 16.1. The topological polar surface area (TPSA) is 54.2 Å². The molecule has 2 atom stereocenters. The quantitative estimate of drug-likeness (QED) is 0.887. The highest BCUT2D eigenvalue weighted by Gasteiger charge is 2.24. The standard InChI is InChI=1S/C18H26N4O/c1-14-10-17(19-9-8-18-20-15(2)21-23-18)13-22(11-14)12-16-6-4-3-5-7-16/h3-7,14,17,19H,8-13H2,1-2H3. The second-order valence-corrected chi connectivity index (χ2v) is 6.66. The Morgan fingerprint density at radius 3 is 2.83 bits per heavy atom. The smallest absolute Gasteiger partial charge is 0.227 e. The molecule has 1 aromatic heterocycles. The molecule has 2 aromatic rings. The molecule has 0 radical (unpaired) electrons. The number of likely N-dealkylation sites (tertiary alicyclic amines) is 1. The molecule has 5 heteroatoms. The first-order valence-electron chi connectivity index (χ1n) is 8.48. The van der Waals surface area contributed by atoms with E-state index in [2.05, 4.69) is 57.6 Å². The molecule has 0 bridgehead atoms. The molecule has 1 saturated heterocycles. The van der Waals surface area contributed by atoms with Crippen molar-refractivity contribution >= 4 is 0 Å². The number of piperidine rings is 1. The van der Waals surface area contributed by atoms with Crippen molar-refractivity contribution in [3.63, 3.8) is 0 Å². The summed E-state index contributed by atoms with van der Waals surface area (Å²) in [7, 11) is 0. The van der Waals surface area contributed by atoms with Crippen LogP contribution in [0, 0.1) is 12.8 Å². The Morgan fingerprint density at radius 2 is 2.09 bits per heavy atom. The van der Waals surface area contributed by atoms with E-state index >= 15 is 0 Å². The number of hydrogen-bond acceptors (Lipinski definition) is 5. The number of nitrogens with one attached hydrogen (secondary N) is 1. The normalized spacial score (nSPS) is 22.3. The van der Waals surface area contributed by atoms with Gasteiger partial charge in [-0.2, -0.15) is 4.98 Å². The third-order valence-corrected chi connectivity index (χ3v) is 4.33. The van der Waals surface area contributed by atoms with Crippen molar-refractivity contribution in [2.24, 2.45) is 5.92 Å². The van der Waals surface area contributed by atoms with E-state index in [0.29, 0.717) is 11.9 Å². The van der Waals surface area contributed by atoms with Gasteiger partial charge in [-0.1, -0.05) is 42.4 Å².